The molecular weight excluding hydrogens is 480 g/mol. The molecule has 2 aromatic heterocycles. The van der Waals surface area contributed by atoms with Crippen molar-refractivity contribution in [2.45, 2.75) is 103 Å². The lowest BCUT2D eigenvalue weighted by molar-refractivity contribution is 0.0932. The zero-order valence-electron chi connectivity index (χ0n) is 22.5. The molecule has 9 heteroatoms. The second-order valence-electron chi connectivity index (χ2n) is 9.19. The quantitative estimate of drug-likeness (QED) is 0.249. The molecule has 0 unspecified atom stereocenters. The molecule has 37 heavy (non-hydrogen) atoms. The van der Waals surface area contributed by atoms with Crippen LogP contribution in [0, 0.1) is 0 Å². The van der Waals surface area contributed by atoms with Crippen molar-refractivity contribution in [3.05, 3.63) is 55.6 Å². The van der Waals surface area contributed by atoms with Crippen molar-refractivity contribution in [2.75, 3.05) is 14.2 Å². The molecule has 0 fully saturated rings. The SMILES string of the molecule is CCCCCC[C@H](O)c1cc(OC)c(COCc2c(OC)cc([C@@H](O)CCCCCC)oc2=O)c(=O)o1. The smallest absolute Gasteiger partial charge is 0.345 e. The largest absolute Gasteiger partial charge is 0.496 e. The summed E-state index contributed by atoms with van der Waals surface area (Å²) in [5.74, 6) is 0.764. The van der Waals surface area contributed by atoms with Gasteiger partial charge in [-0.3, -0.25) is 0 Å². The standard InChI is InChI=1S/C28H42O9/c1-5-7-9-11-13-21(29)25-15-23(33-3)19(27(31)36-25)17-35-18-20-24(34-4)16-26(37-28(20)32)22(30)14-12-10-8-6-2/h15-16,21-22,29-30H,5-14,17-18H2,1-4H3/t21-,22-/m0/s1. The van der Waals surface area contributed by atoms with Crippen LogP contribution in [0.4, 0.5) is 0 Å². The molecule has 0 radical (unpaired) electrons. The summed E-state index contributed by atoms with van der Waals surface area (Å²) < 4.78 is 27.0. The predicted molar refractivity (Wildman–Crippen MR) is 139 cm³/mol. The monoisotopic (exact) mass is 522 g/mol. The Kier molecular flexibility index (Phi) is 13.5. The fourth-order valence-corrected chi connectivity index (χ4v) is 4.05. The lowest BCUT2D eigenvalue weighted by atomic mass is 10.1. The third-order valence-corrected chi connectivity index (χ3v) is 6.31. The van der Waals surface area contributed by atoms with Crippen molar-refractivity contribution in [1.29, 1.82) is 0 Å². The Balaban J connectivity index is 2.07. The zero-order valence-corrected chi connectivity index (χ0v) is 22.5. The van der Waals surface area contributed by atoms with Crippen LogP contribution in [0.3, 0.4) is 0 Å². The second-order valence-corrected chi connectivity index (χ2v) is 9.19. The van der Waals surface area contributed by atoms with Crippen LogP contribution in [-0.4, -0.2) is 24.4 Å². The Morgan fingerprint density at radius 3 is 1.46 bits per heavy atom. The van der Waals surface area contributed by atoms with Crippen molar-refractivity contribution in [3.63, 3.8) is 0 Å². The van der Waals surface area contributed by atoms with Crippen LogP contribution in [0.25, 0.3) is 0 Å². The number of methoxy groups -OCH3 is 2. The van der Waals surface area contributed by atoms with Crippen LogP contribution in [0.5, 0.6) is 11.5 Å². The molecule has 0 aliphatic heterocycles. The second kappa shape index (κ2) is 16.3. The first kappa shape index (κ1) is 30.6. The van der Waals surface area contributed by atoms with E-state index in [0.29, 0.717) is 12.8 Å². The minimum absolute atomic E-state index is 0.131. The Morgan fingerprint density at radius 2 is 1.11 bits per heavy atom. The highest BCUT2D eigenvalue weighted by Crippen LogP contribution is 2.27. The van der Waals surface area contributed by atoms with Crippen LogP contribution in [0.1, 0.15) is 113 Å². The number of hydrogen-bond donors (Lipinski definition) is 2. The summed E-state index contributed by atoms with van der Waals surface area (Å²) in [6.07, 6.45) is 7.17. The van der Waals surface area contributed by atoms with E-state index in [1.54, 1.807) is 0 Å². The van der Waals surface area contributed by atoms with Crippen LogP contribution >= 0.6 is 0 Å². The average molecular weight is 523 g/mol. The third-order valence-electron chi connectivity index (χ3n) is 6.31. The van der Waals surface area contributed by atoms with Crippen molar-refractivity contribution >= 4 is 0 Å². The molecule has 0 saturated heterocycles. The molecule has 208 valence electrons. The summed E-state index contributed by atoms with van der Waals surface area (Å²) >= 11 is 0. The van der Waals surface area contributed by atoms with E-state index in [9.17, 15) is 19.8 Å². The molecule has 0 aromatic carbocycles. The highest BCUT2D eigenvalue weighted by atomic mass is 16.5. The molecule has 2 N–H and O–H groups in total. The van der Waals surface area contributed by atoms with E-state index < -0.39 is 23.5 Å². The predicted octanol–water partition coefficient (Wildman–Crippen LogP) is 5.33. The molecule has 9 nitrogen and oxygen atoms in total. The van der Waals surface area contributed by atoms with Gasteiger partial charge in [0.05, 0.1) is 27.4 Å². The molecule has 2 atom stereocenters. The first-order chi connectivity index (χ1) is 17.9. The van der Waals surface area contributed by atoms with Gasteiger partial charge in [-0.15, -0.1) is 0 Å². The number of rotatable bonds is 18. The number of hydrogen-bond acceptors (Lipinski definition) is 9. The summed E-state index contributed by atoms with van der Waals surface area (Å²) in [5, 5.41) is 20.8. The normalized spacial score (nSPS) is 12.9. The average Bonchev–Trinajstić information content (AvgIpc) is 2.89. The van der Waals surface area contributed by atoms with Gasteiger partial charge in [-0.05, 0) is 12.8 Å². The lowest BCUT2D eigenvalue weighted by Gasteiger charge is -2.14. The molecule has 2 rings (SSSR count). The maximum atomic E-state index is 12.6. The van der Waals surface area contributed by atoms with E-state index in [4.69, 9.17) is 23.0 Å². The number of unbranched alkanes of at least 4 members (excludes halogenated alkanes) is 6. The van der Waals surface area contributed by atoms with Gasteiger partial charge < -0.3 is 33.3 Å². The van der Waals surface area contributed by atoms with E-state index in [1.165, 1.54) is 26.4 Å². The van der Waals surface area contributed by atoms with Gasteiger partial charge in [0.15, 0.2) is 0 Å². The van der Waals surface area contributed by atoms with E-state index >= 15 is 0 Å². The first-order valence-corrected chi connectivity index (χ1v) is 13.2. The van der Waals surface area contributed by atoms with Gasteiger partial charge in [-0.2, -0.15) is 0 Å². The van der Waals surface area contributed by atoms with Gasteiger partial charge >= 0.3 is 11.3 Å². The van der Waals surface area contributed by atoms with E-state index in [0.717, 1.165) is 51.4 Å². The molecule has 0 spiro atoms. The fourth-order valence-electron chi connectivity index (χ4n) is 4.05. The fraction of sp³-hybridized carbons (Fsp3) is 0.643. The molecule has 0 aliphatic carbocycles. The van der Waals surface area contributed by atoms with Crippen molar-refractivity contribution in [3.8, 4) is 11.5 Å². The Morgan fingerprint density at radius 1 is 0.703 bits per heavy atom. The van der Waals surface area contributed by atoms with E-state index in [2.05, 4.69) is 13.8 Å². The van der Waals surface area contributed by atoms with Crippen molar-refractivity contribution in [1.82, 2.24) is 0 Å². The van der Waals surface area contributed by atoms with Gasteiger partial charge in [-0.1, -0.05) is 65.2 Å². The summed E-state index contributed by atoms with van der Waals surface area (Å²) in [6.45, 7) is 3.84. The van der Waals surface area contributed by atoms with Crippen LogP contribution in [0.15, 0.2) is 30.6 Å². The Labute approximate surface area is 218 Å². The summed E-state index contributed by atoms with van der Waals surface area (Å²) in [6, 6.07) is 2.99. The number of aliphatic hydroxyl groups is 2. The highest BCUT2D eigenvalue weighted by molar-refractivity contribution is 5.33. The van der Waals surface area contributed by atoms with E-state index in [1.807, 2.05) is 0 Å². The maximum absolute atomic E-state index is 12.6. The molecule has 0 amide bonds. The Bertz CT molecular complexity index is 973. The number of aliphatic hydroxyl groups excluding tert-OH is 2. The summed E-state index contributed by atoms with van der Waals surface area (Å²) in [4.78, 5) is 25.2. The minimum Gasteiger partial charge on any atom is -0.496 e. The molecule has 0 aliphatic rings. The van der Waals surface area contributed by atoms with Crippen molar-refractivity contribution in [2.24, 2.45) is 0 Å². The molecule has 2 aromatic rings. The van der Waals surface area contributed by atoms with Crippen LogP contribution in [-0.2, 0) is 18.0 Å². The molecule has 0 bridgehead atoms. The van der Waals surface area contributed by atoms with Gasteiger partial charge in [0.2, 0.25) is 0 Å². The van der Waals surface area contributed by atoms with Gasteiger partial charge in [0, 0.05) is 12.1 Å². The molecular formula is C28H42O9. The van der Waals surface area contributed by atoms with E-state index in [-0.39, 0.29) is 47.4 Å². The molecule has 0 saturated carbocycles. The van der Waals surface area contributed by atoms with Crippen LogP contribution < -0.4 is 20.7 Å². The summed E-state index contributed by atoms with van der Waals surface area (Å²) in [7, 11) is 2.83. The molecule has 2 heterocycles. The topological polar surface area (TPSA) is 129 Å². The Hall–Kier alpha value is -2.62. The van der Waals surface area contributed by atoms with Crippen molar-refractivity contribution < 1.29 is 33.3 Å². The van der Waals surface area contributed by atoms with Crippen LogP contribution in [0.2, 0.25) is 0 Å². The van der Waals surface area contributed by atoms with Gasteiger partial charge in [-0.25, -0.2) is 9.59 Å². The zero-order chi connectivity index (χ0) is 27.2. The first-order valence-electron chi connectivity index (χ1n) is 13.2. The highest BCUT2D eigenvalue weighted by Gasteiger charge is 2.20. The third kappa shape index (κ3) is 9.32. The number of ether oxygens (including phenoxy) is 3. The minimum atomic E-state index is -0.900. The maximum Gasteiger partial charge on any atom is 0.345 e. The lowest BCUT2D eigenvalue weighted by Crippen LogP contribution is -2.17. The summed E-state index contributed by atoms with van der Waals surface area (Å²) in [5.41, 5.74) is -1.09. The van der Waals surface area contributed by atoms with Gasteiger partial charge in [0.1, 0.15) is 46.4 Å². The van der Waals surface area contributed by atoms with Gasteiger partial charge in [0.25, 0.3) is 0 Å².